The molecule has 0 bridgehead atoms. The molecule has 1 aliphatic rings. The molecule has 0 unspecified atom stereocenters. The van der Waals surface area contributed by atoms with Gasteiger partial charge < -0.3 is 9.64 Å². The second kappa shape index (κ2) is 10.2. The number of hydrogen-bond donors (Lipinski definition) is 0. The normalized spacial score (nSPS) is 16.2. The van der Waals surface area contributed by atoms with Gasteiger partial charge in [-0.2, -0.15) is 0 Å². The van der Waals surface area contributed by atoms with Crippen LogP contribution >= 0.6 is 0 Å². The Labute approximate surface area is 183 Å². The highest BCUT2D eigenvalue weighted by atomic mass is 16.5. The zero-order valence-electron chi connectivity index (χ0n) is 17.9. The van der Waals surface area contributed by atoms with Gasteiger partial charge >= 0.3 is 0 Å². The molecule has 1 saturated heterocycles. The maximum Gasteiger partial charge on any atom is 0.261 e. The lowest BCUT2D eigenvalue weighted by atomic mass is 9.94. The highest BCUT2D eigenvalue weighted by Gasteiger charge is 2.31. The first-order valence-electron chi connectivity index (χ1n) is 11.0. The molecule has 0 aliphatic carbocycles. The summed E-state index contributed by atoms with van der Waals surface area (Å²) < 4.78 is 5.75. The van der Waals surface area contributed by atoms with Crippen LogP contribution in [0.1, 0.15) is 50.2 Å². The van der Waals surface area contributed by atoms with E-state index >= 15 is 0 Å². The van der Waals surface area contributed by atoms with Gasteiger partial charge in [0.05, 0.1) is 11.7 Å². The Balaban J connectivity index is 1.63. The van der Waals surface area contributed by atoms with Crippen molar-refractivity contribution in [3.05, 3.63) is 72.6 Å². The molecule has 6 heteroatoms. The average molecular weight is 417 g/mol. The summed E-state index contributed by atoms with van der Waals surface area (Å²) in [7, 11) is 0. The molecule has 2 aromatic heterocycles. The minimum atomic E-state index is -0.0811. The van der Waals surface area contributed by atoms with Crippen LogP contribution in [0, 0.1) is 0 Å². The van der Waals surface area contributed by atoms with Gasteiger partial charge in [0.2, 0.25) is 0 Å². The third-order valence-corrected chi connectivity index (χ3v) is 5.58. The van der Waals surface area contributed by atoms with Gasteiger partial charge in [-0.05, 0) is 55.5 Å². The Morgan fingerprint density at radius 2 is 1.94 bits per heavy atom. The van der Waals surface area contributed by atoms with Crippen molar-refractivity contribution in [2.24, 2.45) is 0 Å². The van der Waals surface area contributed by atoms with Crippen LogP contribution in [0.3, 0.4) is 0 Å². The van der Waals surface area contributed by atoms with Crippen molar-refractivity contribution in [1.29, 1.82) is 0 Å². The summed E-state index contributed by atoms with van der Waals surface area (Å²) in [4.78, 5) is 28.8. The van der Waals surface area contributed by atoms with Crippen molar-refractivity contribution in [3.63, 3.8) is 0 Å². The molecule has 4 rings (SSSR count). The number of aromatic nitrogens is 3. The number of carbonyl (C=O) groups is 1. The number of pyridine rings is 1. The molecule has 1 atom stereocenters. The number of para-hydroxylation sites is 1. The van der Waals surface area contributed by atoms with Crippen molar-refractivity contribution >= 4 is 5.91 Å². The number of ether oxygens (including phenoxy) is 1. The maximum absolute atomic E-state index is 13.2. The number of aryl methyl sites for hydroxylation is 1. The number of nitrogens with zero attached hydrogens (tertiary/aromatic N) is 4. The van der Waals surface area contributed by atoms with E-state index in [2.05, 4.69) is 16.9 Å². The summed E-state index contributed by atoms with van der Waals surface area (Å²) in [6, 6.07) is 13.3. The minimum Gasteiger partial charge on any atom is -0.484 e. The molecule has 1 fully saturated rings. The van der Waals surface area contributed by atoms with E-state index in [0.29, 0.717) is 12.3 Å². The molecule has 1 amide bonds. The highest BCUT2D eigenvalue weighted by molar-refractivity contribution is 5.79. The van der Waals surface area contributed by atoms with E-state index < -0.39 is 0 Å². The molecule has 1 aliphatic heterocycles. The summed E-state index contributed by atoms with van der Waals surface area (Å²) in [5, 5.41) is 0. The van der Waals surface area contributed by atoms with Crippen molar-refractivity contribution in [2.45, 2.75) is 45.1 Å². The summed E-state index contributed by atoms with van der Waals surface area (Å²) in [5.41, 5.74) is 2.92. The Morgan fingerprint density at radius 1 is 1.13 bits per heavy atom. The summed E-state index contributed by atoms with van der Waals surface area (Å²) in [5.74, 6) is 1.52. The van der Waals surface area contributed by atoms with Gasteiger partial charge in [-0.15, -0.1) is 0 Å². The zero-order valence-corrected chi connectivity index (χ0v) is 17.9. The molecule has 6 nitrogen and oxygen atoms in total. The van der Waals surface area contributed by atoms with Crippen LogP contribution < -0.4 is 4.74 Å². The van der Waals surface area contributed by atoms with Crippen LogP contribution in [-0.4, -0.2) is 38.9 Å². The molecule has 0 spiro atoms. The fourth-order valence-corrected chi connectivity index (χ4v) is 4.04. The molecule has 1 aromatic carbocycles. The van der Waals surface area contributed by atoms with Crippen LogP contribution in [0.5, 0.6) is 5.75 Å². The van der Waals surface area contributed by atoms with Crippen LogP contribution in [0.15, 0.2) is 61.1 Å². The predicted octanol–water partition coefficient (Wildman–Crippen LogP) is 4.62. The van der Waals surface area contributed by atoms with Crippen molar-refractivity contribution in [3.8, 4) is 16.9 Å². The van der Waals surface area contributed by atoms with Gasteiger partial charge in [-0.25, -0.2) is 9.97 Å². The van der Waals surface area contributed by atoms with Crippen LogP contribution in [0.4, 0.5) is 0 Å². The SMILES string of the molecule is CCCc1ncc(-c2ccncc2)c([C@@H]2CCCCN2C(=O)COc2ccccc2)n1. The first-order valence-corrected chi connectivity index (χ1v) is 11.0. The zero-order chi connectivity index (χ0) is 21.5. The van der Waals surface area contributed by atoms with Crippen molar-refractivity contribution < 1.29 is 9.53 Å². The van der Waals surface area contributed by atoms with Gasteiger partial charge in [-0.1, -0.05) is 25.1 Å². The molecule has 3 heterocycles. The van der Waals surface area contributed by atoms with E-state index in [1.165, 1.54) is 0 Å². The average Bonchev–Trinajstić information content (AvgIpc) is 2.84. The monoisotopic (exact) mass is 416 g/mol. The molecule has 3 aromatic rings. The van der Waals surface area contributed by atoms with Gasteiger partial charge in [-0.3, -0.25) is 9.78 Å². The molecule has 0 radical (unpaired) electrons. The lowest BCUT2D eigenvalue weighted by Crippen LogP contribution is -2.41. The first-order chi connectivity index (χ1) is 15.3. The smallest absolute Gasteiger partial charge is 0.261 e. The molecular formula is C25H28N4O2. The highest BCUT2D eigenvalue weighted by Crippen LogP contribution is 2.35. The van der Waals surface area contributed by atoms with E-state index in [-0.39, 0.29) is 18.6 Å². The molecule has 0 N–H and O–H groups in total. The van der Waals surface area contributed by atoms with Crippen LogP contribution in [0.25, 0.3) is 11.1 Å². The minimum absolute atomic E-state index is 0.00937. The van der Waals surface area contributed by atoms with Gasteiger partial charge in [0.25, 0.3) is 5.91 Å². The summed E-state index contributed by atoms with van der Waals surface area (Å²) >= 11 is 0. The quantitative estimate of drug-likeness (QED) is 0.562. The van der Waals surface area contributed by atoms with Crippen LogP contribution in [0.2, 0.25) is 0 Å². The largest absolute Gasteiger partial charge is 0.484 e. The van der Waals surface area contributed by atoms with Gasteiger partial charge in [0.1, 0.15) is 11.6 Å². The standard InChI is InChI=1S/C25H28N4O2/c1-2-8-23-27-17-21(19-12-14-26-15-13-19)25(28-23)22-11-6-7-16-29(22)24(30)18-31-20-9-4-3-5-10-20/h3-5,9-10,12-15,17,22H,2,6-8,11,16,18H2,1H3/t22-/m0/s1. The van der Waals surface area contributed by atoms with E-state index in [9.17, 15) is 4.79 Å². The number of rotatable bonds is 7. The topological polar surface area (TPSA) is 68.2 Å². The third-order valence-electron chi connectivity index (χ3n) is 5.58. The van der Waals surface area contributed by atoms with E-state index in [4.69, 9.17) is 9.72 Å². The number of carbonyl (C=O) groups excluding carboxylic acids is 1. The Hall–Kier alpha value is -3.28. The summed E-state index contributed by atoms with van der Waals surface area (Å²) in [6.07, 6.45) is 10.2. The van der Waals surface area contributed by atoms with Crippen LogP contribution in [-0.2, 0) is 11.2 Å². The number of amides is 1. The van der Waals surface area contributed by atoms with Crippen molar-refractivity contribution in [1.82, 2.24) is 19.9 Å². The molecule has 31 heavy (non-hydrogen) atoms. The maximum atomic E-state index is 13.2. The molecular weight excluding hydrogens is 388 g/mol. The number of hydrogen-bond acceptors (Lipinski definition) is 5. The number of benzene rings is 1. The second-order valence-electron chi connectivity index (χ2n) is 7.77. The lowest BCUT2D eigenvalue weighted by Gasteiger charge is -2.36. The lowest BCUT2D eigenvalue weighted by molar-refractivity contribution is -0.137. The fraction of sp³-hybridized carbons (Fsp3) is 0.360. The Bertz CT molecular complexity index is 995. The molecule has 160 valence electrons. The number of likely N-dealkylation sites (tertiary alicyclic amines) is 1. The van der Waals surface area contributed by atoms with Gasteiger partial charge in [0, 0.05) is 37.1 Å². The Morgan fingerprint density at radius 3 is 2.71 bits per heavy atom. The van der Waals surface area contributed by atoms with E-state index in [1.807, 2.05) is 53.6 Å². The number of piperidine rings is 1. The van der Waals surface area contributed by atoms with E-state index in [1.54, 1.807) is 12.4 Å². The Kier molecular flexibility index (Phi) is 6.87. The molecule has 0 saturated carbocycles. The summed E-state index contributed by atoms with van der Waals surface area (Å²) in [6.45, 7) is 2.86. The predicted molar refractivity (Wildman–Crippen MR) is 120 cm³/mol. The fourth-order valence-electron chi connectivity index (χ4n) is 4.04. The second-order valence-corrected chi connectivity index (χ2v) is 7.77. The van der Waals surface area contributed by atoms with E-state index in [0.717, 1.165) is 54.7 Å². The van der Waals surface area contributed by atoms with Gasteiger partial charge in [0.15, 0.2) is 6.61 Å². The first kappa shape index (κ1) is 21.0. The third kappa shape index (κ3) is 5.08. The van der Waals surface area contributed by atoms with Crippen molar-refractivity contribution in [2.75, 3.05) is 13.2 Å².